The van der Waals surface area contributed by atoms with Gasteiger partial charge in [0.05, 0.1) is 3.79 Å². The number of allylic oxidation sites excluding steroid dienone is 1. The normalized spacial score (nSPS) is 12.1. The van der Waals surface area contributed by atoms with Gasteiger partial charge in [0.1, 0.15) is 0 Å². The Kier molecular flexibility index (Phi) is 3.98. The van der Waals surface area contributed by atoms with Crippen molar-refractivity contribution in [2.45, 2.75) is 13.3 Å². The molecule has 3 heteroatoms. The molecule has 1 nitrogen and oxygen atoms in total. The van der Waals surface area contributed by atoms with Crippen molar-refractivity contribution < 1.29 is 0 Å². The Balaban J connectivity index is 2.70. The Morgan fingerprint density at radius 2 is 2.42 bits per heavy atom. The summed E-state index contributed by atoms with van der Waals surface area (Å²) in [5, 5.41) is 0. The van der Waals surface area contributed by atoms with Crippen molar-refractivity contribution >= 4 is 32.8 Å². The molecule has 0 bridgehead atoms. The molecule has 0 aliphatic rings. The van der Waals surface area contributed by atoms with E-state index >= 15 is 0 Å². The van der Waals surface area contributed by atoms with Crippen LogP contribution in [0.5, 0.6) is 0 Å². The molecule has 1 aromatic rings. The van der Waals surface area contributed by atoms with Crippen molar-refractivity contribution in [2.75, 3.05) is 6.54 Å². The quantitative estimate of drug-likeness (QED) is 0.870. The van der Waals surface area contributed by atoms with Crippen LogP contribution in [-0.2, 0) is 0 Å². The van der Waals surface area contributed by atoms with Gasteiger partial charge in [0.2, 0.25) is 0 Å². The Labute approximate surface area is 85.4 Å². The average molecular weight is 246 g/mol. The van der Waals surface area contributed by atoms with Crippen LogP contribution in [0.25, 0.3) is 5.57 Å². The number of hydrogen-bond acceptors (Lipinski definition) is 2. The molecule has 2 N–H and O–H groups in total. The molecule has 1 rings (SSSR count). The van der Waals surface area contributed by atoms with Crippen LogP contribution in [-0.4, -0.2) is 6.54 Å². The lowest BCUT2D eigenvalue weighted by atomic mass is 10.2. The molecule has 1 aromatic heterocycles. The zero-order chi connectivity index (χ0) is 8.97. The topological polar surface area (TPSA) is 26.0 Å². The Hall–Kier alpha value is -0.120. The number of halogens is 1. The van der Waals surface area contributed by atoms with Crippen molar-refractivity contribution in [3.63, 3.8) is 0 Å². The first kappa shape index (κ1) is 9.96. The van der Waals surface area contributed by atoms with Gasteiger partial charge in [0.25, 0.3) is 0 Å². The average Bonchev–Trinajstić information content (AvgIpc) is 2.47. The standard InChI is InChI=1S/C9H12BrNS/c1-7(3-2-6-11)8-4-5-9(10)12-8/h3-5H,2,6,11H2,1H3/b7-3+. The van der Waals surface area contributed by atoms with Gasteiger partial charge in [-0.1, -0.05) is 6.08 Å². The van der Waals surface area contributed by atoms with Crippen LogP contribution in [0.4, 0.5) is 0 Å². The second kappa shape index (κ2) is 4.80. The lowest BCUT2D eigenvalue weighted by Gasteiger charge is -1.94. The smallest absolute Gasteiger partial charge is 0.0704 e. The molecule has 0 radical (unpaired) electrons. The second-order valence-electron chi connectivity index (χ2n) is 2.57. The van der Waals surface area contributed by atoms with E-state index in [1.807, 2.05) is 0 Å². The minimum atomic E-state index is 0.726. The largest absolute Gasteiger partial charge is 0.330 e. The van der Waals surface area contributed by atoms with Crippen molar-refractivity contribution in [3.8, 4) is 0 Å². The van der Waals surface area contributed by atoms with Gasteiger partial charge in [-0.3, -0.25) is 0 Å². The molecule has 0 saturated carbocycles. The zero-order valence-electron chi connectivity index (χ0n) is 7.01. The third kappa shape index (κ3) is 2.73. The number of thiophene rings is 1. The highest BCUT2D eigenvalue weighted by Crippen LogP contribution is 2.27. The third-order valence-electron chi connectivity index (χ3n) is 1.58. The highest BCUT2D eigenvalue weighted by atomic mass is 79.9. The summed E-state index contributed by atoms with van der Waals surface area (Å²) in [6.45, 7) is 2.85. The summed E-state index contributed by atoms with van der Waals surface area (Å²) in [5.74, 6) is 0. The molecule has 1 heterocycles. The predicted octanol–water partition coefficient (Wildman–Crippen LogP) is 3.26. The molecule has 0 aromatic carbocycles. The van der Waals surface area contributed by atoms with E-state index in [9.17, 15) is 0 Å². The molecule has 0 fully saturated rings. The summed E-state index contributed by atoms with van der Waals surface area (Å²) in [7, 11) is 0. The maximum atomic E-state index is 5.41. The predicted molar refractivity (Wildman–Crippen MR) is 59.3 cm³/mol. The van der Waals surface area contributed by atoms with Crippen LogP contribution < -0.4 is 5.73 Å². The van der Waals surface area contributed by atoms with Gasteiger partial charge < -0.3 is 5.73 Å². The fourth-order valence-electron chi connectivity index (χ4n) is 0.927. The van der Waals surface area contributed by atoms with Crippen molar-refractivity contribution in [1.82, 2.24) is 0 Å². The molecular weight excluding hydrogens is 234 g/mol. The Bertz CT molecular complexity index is 278. The molecule has 66 valence electrons. The zero-order valence-corrected chi connectivity index (χ0v) is 9.41. The van der Waals surface area contributed by atoms with E-state index < -0.39 is 0 Å². The number of hydrogen-bond donors (Lipinski definition) is 1. The molecule has 0 spiro atoms. The number of rotatable bonds is 3. The first-order valence-electron chi connectivity index (χ1n) is 3.86. The van der Waals surface area contributed by atoms with Gasteiger partial charge >= 0.3 is 0 Å². The summed E-state index contributed by atoms with van der Waals surface area (Å²) < 4.78 is 1.18. The SMILES string of the molecule is C/C(=C\CCN)c1ccc(Br)s1. The van der Waals surface area contributed by atoms with E-state index in [0.717, 1.165) is 13.0 Å². The summed E-state index contributed by atoms with van der Waals surface area (Å²) in [6.07, 6.45) is 3.14. The minimum Gasteiger partial charge on any atom is -0.330 e. The van der Waals surface area contributed by atoms with Gasteiger partial charge in [0.15, 0.2) is 0 Å². The lowest BCUT2D eigenvalue weighted by molar-refractivity contribution is 1.01. The van der Waals surface area contributed by atoms with E-state index in [-0.39, 0.29) is 0 Å². The fourth-order valence-corrected chi connectivity index (χ4v) is 2.31. The van der Waals surface area contributed by atoms with Gasteiger partial charge in [-0.25, -0.2) is 0 Å². The van der Waals surface area contributed by atoms with Crippen LogP contribution in [0.15, 0.2) is 22.0 Å². The van der Waals surface area contributed by atoms with Crippen molar-refractivity contribution in [2.24, 2.45) is 5.73 Å². The van der Waals surface area contributed by atoms with Crippen LogP contribution in [0.3, 0.4) is 0 Å². The molecule has 0 aliphatic heterocycles. The van der Waals surface area contributed by atoms with E-state index in [1.165, 1.54) is 14.2 Å². The highest BCUT2D eigenvalue weighted by molar-refractivity contribution is 9.11. The molecule has 0 atom stereocenters. The molecular formula is C9H12BrNS. The summed E-state index contributed by atoms with van der Waals surface area (Å²) >= 11 is 5.19. The van der Waals surface area contributed by atoms with E-state index in [1.54, 1.807) is 11.3 Å². The van der Waals surface area contributed by atoms with Crippen molar-refractivity contribution in [3.05, 3.63) is 26.9 Å². The number of nitrogens with two attached hydrogens (primary N) is 1. The molecule has 0 aliphatic carbocycles. The molecule has 12 heavy (non-hydrogen) atoms. The fraction of sp³-hybridized carbons (Fsp3) is 0.333. The molecule has 0 saturated heterocycles. The Morgan fingerprint density at radius 1 is 1.67 bits per heavy atom. The van der Waals surface area contributed by atoms with E-state index in [2.05, 4.69) is 41.1 Å². The van der Waals surface area contributed by atoms with Crippen LogP contribution in [0.2, 0.25) is 0 Å². The Morgan fingerprint density at radius 3 is 2.92 bits per heavy atom. The van der Waals surface area contributed by atoms with Crippen molar-refractivity contribution in [1.29, 1.82) is 0 Å². The summed E-state index contributed by atoms with van der Waals surface area (Å²) in [4.78, 5) is 1.32. The van der Waals surface area contributed by atoms with Gasteiger partial charge in [-0.2, -0.15) is 0 Å². The third-order valence-corrected chi connectivity index (χ3v) is 3.34. The molecule has 0 unspecified atom stereocenters. The van der Waals surface area contributed by atoms with Gasteiger partial charge in [-0.05, 0) is 53.5 Å². The van der Waals surface area contributed by atoms with Crippen LogP contribution in [0, 0.1) is 0 Å². The van der Waals surface area contributed by atoms with Gasteiger partial charge in [0, 0.05) is 4.88 Å². The van der Waals surface area contributed by atoms with E-state index in [4.69, 9.17) is 5.73 Å². The van der Waals surface area contributed by atoms with E-state index in [0.29, 0.717) is 0 Å². The second-order valence-corrected chi connectivity index (χ2v) is 5.03. The maximum absolute atomic E-state index is 5.41. The minimum absolute atomic E-state index is 0.726. The van der Waals surface area contributed by atoms with Crippen LogP contribution >= 0.6 is 27.3 Å². The summed E-state index contributed by atoms with van der Waals surface area (Å²) in [5.41, 5.74) is 6.73. The molecule has 0 amide bonds. The first-order valence-corrected chi connectivity index (χ1v) is 5.47. The maximum Gasteiger partial charge on any atom is 0.0704 e. The van der Waals surface area contributed by atoms with Gasteiger partial charge in [-0.15, -0.1) is 11.3 Å². The summed E-state index contributed by atoms with van der Waals surface area (Å²) in [6, 6.07) is 4.19. The first-order chi connectivity index (χ1) is 5.74. The lowest BCUT2D eigenvalue weighted by Crippen LogP contribution is -1.95. The monoisotopic (exact) mass is 245 g/mol. The van der Waals surface area contributed by atoms with Crippen LogP contribution in [0.1, 0.15) is 18.2 Å². The highest BCUT2D eigenvalue weighted by Gasteiger charge is 1.98.